The SMILES string of the molecule is CS(=O)(=O)c1ccc([C@@H](C[C@H]2CCC(=O)C2)C(=O)Nc2ncc(F)s2)cc1F. The molecule has 0 radical (unpaired) electrons. The van der Waals surface area contributed by atoms with E-state index in [1.165, 1.54) is 6.07 Å². The minimum absolute atomic E-state index is 0.0334. The number of amides is 1. The number of benzene rings is 1. The van der Waals surface area contributed by atoms with Crippen molar-refractivity contribution in [3.63, 3.8) is 0 Å². The van der Waals surface area contributed by atoms with E-state index >= 15 is 0 Å². The highest BCUT2D eigenvalue weighted by molar-refractivity contribution is 7.90. The Morgan fingerprint density at radius 1 is 1.39 bits per heavy atom. The highest BCUT2D eigenvalue weighted by Crippen LogP contribution is 2.34. The molecule has 1 heterocycles. The van der Waals surface area contributed by atoms with Gasteiger partial charge in [0.25, 0.3) is 0 Å². The molecule has 1 aromatic carbocycles. The normalized spacial score (nSPS) is 18.2. The minimum atomic E-state index is -3.74. The third-order valence-corrected chi connectivity index (χ3v) is 6.53. The number of hydrogen-bond acceptors (Lipinski definition) is 6. The molecule has 3 rings (SSSR count). The van der Waals surface area contributed by atoms with Crippen molar-refractivity contribution < 1.29 is 26.8 Å². The van der Waals surface area contributed by atoms with Crippen LogP contribution in [0.25, 0.3) is 0 Å². The number of nitrogens with one attached hydrogen (secondary N) is 1. The summed E-state index contributed by atoms with van der Waals surface area (Å²) in [6.45, 7) is 0. The first-order chi connectivity index (χ1) is 13.1. The van der Waals surface area contributed by atoms with Gasteiger partial charge < -0.3 is 5.32 Å². The summed E-state index contributed by atoms with van der Waals surface area (Å²) < 4.78 is 50.7. The molecule has 0 saturated heterocycles. The van der Waals surface area contributed by atoms with Crippen molar-refractivity contribution in [3.8, 4) is 0 Å². The number of anilines is 1. The topological polar surface area (TPSA) is 93.2 Å². The lowest BCUT2D eigenvalue weighted by molar-refractivity contribution is -0.119. The van der Waals surface area contributed by atoms with Crippen LogP contribution in [0, 0.1) is 16.9 Å². The van der Waals surface area contributed by atoms with Gasteiger partial charge in [0.2, 0.25) is 5.91 Å². The van der Waals surface area contributed by atoms with Gasteiger partial charge >= 0.3 is 0 Å². The van der Waals surface area contributed by atoms with Gasteiger partial charge in [-0.05, 0) is 36.5 Å². The molecule has 1 aliphatic rings. The number of halogens is 2. The van der Waals surface area contributed by atoms with Gasteiger partial charge in [0.05, 0.1) is 12.1 Å². The molecular weight excluding hydrogens is 410 g/mol. The van der Waals surface area contributed by atoms with Crippen molar-refractivity contribution in [2.75, 3.05) is 11.6 Å². The van der Waals surface area contributed by atoms with Crippen molar-refractivity contribution in [1.82, 2.24) is 4.98 Å². The summed E-state index contributed by atoms with van der Waals surface area (Å²) in [4.78, 5) is 27.7. The zero-order valence-electron chi connectivity index (χ0n) is 14.9. The number of hydrogen-bond donors (Lipinski definition) is 1. The number of Topliss-reactive ketones (excluding diaryl/α,β-unsaturated/α-hetero) is 1. The molecule has 1 N–H and O–H groups in total. The van der Waals surface area contributed by atoms with E-state index in [-0.39, 0.29) is 16.8 Å². The van der Waals surface area contributed by atoms with Crippen LogP contribution in [0.4, 0.5) is 13.9 Å². The largest absolute Gasteiger partial charge is 0.301 e. The van der Waals surface area contributed by atoms with Crippen LogP contribution in [0.1, 0.15) is 37.2 Å². The van der Waals surface area contributed by atoms with E-state index in [2.05, 4.69) is 10.3 Å². The van der Waals surface area contributed by atoms with E-state index in [0.717, 1.165) is 24.6 Å². The number of carbonyl (C=O) groups is 2. The highest BCUT2D eigenvalue weighted by atomic mass is 32.2. The molecule has 0 unspecified atom stereocenters. The fourth-order valence-electron chi connectivity index (χ4n) is 3.36. The zero-order chi connectivity index (χ0) is 20.5. The first-order valence-corrected chi connectivity index (χ1v) is 11.3. The van der Waals surface area contributed by atoms with Crippen LogP contribution in [0.2, 0.25) is 0 Å². The Balaban J connectivity index is 1.90. The van der Waals surface area contributed by atoms with Gasteiger partial charge in [-0.2, -0.15) is 4.39 Å². The van der Waals surface area contributed by atoms with Crippen LogP contribution < -0.4 is 5.32 Å². The van der Waals surface area contributed by atoms with Crippen LogP contribution >= 0.6 is 11.3 Å². The van der Waals surface area contributed by atoms with Crippen LogP contribution in [0.5, 0.6) is 0 Å². The fraction of sp³-hybridized carbons (Fsp3) is 0.389. The monoisotopic (exact) mass is 428 g/mol. The third-order valence-electron chi connectivity index (χ3n) is 4.70. The standard InChI is InChI=1S/C18H18F2N2O4S2/c1-28(25,26)15-5-3-11(8-14(15)19)13(7-10-2-4-12(23)6-10)17(24)22-18-21-9-16(20)27-18/h3,5,8-10,13H,2,4,6-7H2,1H3,(H,21,22,24)/t10-,13+/m0/s1. The van der Waals surface area contributed by atoms with E-state index in [9.17, 15) is 26.8 Å². The molecule has 150 valence electrons. The lowest BCUT2D eigenvalue weighted by Gasteiger charge is -2.20. The van der Waals surface area contributed by atoms with E-state index in [1.54, 1.807) is 0 Å². The number of sulfone groups is 1. The minimum Gasteiger partial charge on any atom is -0.301 e. The maximum Gasteiger partial charge on any atom is 0.233 e. The Kier molecular flexibility index (Phi) is 5.90. The number of ketones is 1. The van der Waals surface area contributed by atoms with Crippen molar-refractivity contribution in [2.24, 2.45) is 5.92 Å². The molecule has 0 bridgehead atoms. The van der Waals surface area contributed by atoms with Gasteiger partial charge in [0.1, 0.15) is 16.5 Å². The van der Waals surface area contributed by atoms with E-state index in [0.29, 0.717) is 42.6 Å². The van der Waals surface area contributed by atoms with Gasteiger partial charge in [-0.15, -0.1) is 0 Å². The highest BCUT2D eigenvalue weighted by Gasteiger charge is 2.31. The average Bonchev–Trinajstić information content (AvgIpc) is 3.19. The summed E-state index contributed by atoms with van der Waals surface area (Å²) in [6.07, 6.45) is 3.60. The number of nitrogens with zero attached hydrogens (tertiary/aromatic N) is 1. The van der Waals surface area contributed by atoms with Gasteiger partial charge in [0.15, 0.2) is 20.1 Å². The predicted molar refractivity (Wildman–Crippen MR) is 99.9 cm³/mol. The van der Waals surface area contributed by atoms with E-state index in [1.807, 2.05) is 0 Å². The number of thiazole rings is 1. The first-order valence-electron chi connectivity index (χ1n) is 8.57. The van der Waals surface area contributed by atoms with Crippen LogP contribution in [-0.4, -0.2) is 31.3 Å². The molecule has 6 nitrogen and oxygen atoms in total. The Morgan fingerprint density at radius 2 is 2.14 bits per heavy atom. The lowest BCUT2D eigenvalue weighted by Crippen LogP contribution is -2.23. The average molecular weight is 428 g/mol. The zero-order valence-corrected chi connectivity index (χ0v) is 16.6. The third kappa shape index (κ3) is 4.79. The molecule has 1 saturated carbocycles. The number of carbonyl (C=O) groups excluding carboxylic acids is 2. The second-order valence-electron chi connectivity index (χ2n) is 6.86. The predicted octanol–water partition coefficient (Wildman–Crippen LogP) is 3.31. The molecule has 1 amide bonds. The van der Waals surface area contributed by atoms with Gasteiger partial charge in [0, 0.05) is 19.1 Å². The molecule has 0 spiro atoms. The molecule has 2 aromatic rings. The molecular formula is C18H18F2N2O4S2. The molecule has 28 heavy (non-hydrogen) atoms. The maximum atomic E-state index is 14.4. The molecule has 1 fully saturated rings. The fourth-order valence-corrected chi connectivity index (χ4v) is 4.64. The molecule has 1 aliphatic carbocycles. The van der Waals surface area contributed by atoms with Crippen molar-refractivity contribution in [2.45, 2.75) is 36.5 Å². The Morgan fingerprint density at radius 3 is 2.68 bits per heavy atom. The summed E-state index contributed by atoms with van der Waals surface area (Å²) in [5, 5.41) is 2.03. The van der Waals surface area contributed by atoms with Crippen molar-refractivity contribution in [3.05, 3.63) is 40.9 Å². The maximum absolute atomic E-state index is 14.4. The summed E-state index contributed by atoms with van der Waals surface area (Å²) in [6, 6.07) is 3.55. The molecule has 10 heteroatoms. The summed E-state index contributed by atoms with van der Waals surface area (Å²) in [7, 11) is -3.74. The number of aromatic nitrogens is 1. The Bertz CT molecular complexity index is 1020. The van der Waals surface area contributed by atoms with Crippen LogP contribution in [0.3, 0.4) is 0 Å². The van der Waals surface area contributed by atoms with Crippen molar-refractivity contribution in [1.29, 1.82) is 0 Å². The molecule has 1 aromatic heterocycles. The molecule has 0 aliphatic heterocycles. The molecule has 2 atom stereocenters. The van der Waals surface area contributed by atoms with E-state index < -0.39 is 37.5 Å². The van der Waals surface area contributed by atoms with Gasteiger partial charge in [-0.1, -0.05) is 17.4 Å². The second-order valence-corrected chi connectivity index (χ2v) is 9.82. The van der Waals surface area contributed by atoms with E-state index in [4.69, 9.17) is 0 Å². The van der Waals surface area contributed by atoms with Gasteiger partial charge in [-0.3, -0.25) is 9.59 Å². The quantitative estimate of drug-likeness (QED) is 0.762. The van der Waals surface area contributed by atoms with Gasteiger partial charge in [-0.25, -0.2) is 17.8 Å². The summed E-state index contributed by atoms with van der Waals surface area (Å²) >= 11 is 0.664. The first kappa shape index (κ1) is 20.5. The van der Waals surface area contributed by atoms with Crippen LogP contribution in [0.15, 0.2) is 29.3 Å². The number of rotatable bonds is 6. The smallest absolute Gasteiger partial charge is 0.233 e. The van der Waals surface area contributed by atoms with Crippen LogP contribution in [-0.2, 0) is 19.4 Å². The van der Waals surface area contributed by atoms with Crippen molar-refractivity contribution >= 4 is 38.0 Å². The lowest BCUT2D eigenvalue weighted by atomic mass is 9.87. The second kappa shape index (κ2) is 8.04. The summed E-state index contributed by atoms with van der Waals surface area (Å²) in [5.74, 6) is -2.20. The summed E-state index contributed by atoms with van der Waals surface area (Å²) in [5.41, 5.74) is 0.291. The Hall–Kier alpha value is -2.20. The Labute approximate surface area is 164 Å².